The van der Waals surface area contributed by atoms with Crippen molar-refractivity contribution in [2.75, 3.05) is 5.32 Å². The summed E-state index contributed by atoms with van der Waals surface area (Å²) in [5.74, 6) is -1.44. The van der Waals surface area contributed by atoms with Crippen LogP contribution in [-0.4, -0.2) is 17.2 Å². The van der Waals surface area contributed by atoms with Crippen molar-refractivity contribution >= 4 is 23.3 Å². The molecule has 156 valence electrons. The fraction of sp³-hybridized carbons (Fsp3) is 0.143. The van der Waals surface area contributed by atoms with Gasteiger partial charge in [0, 0.05) is 23.4 Å². The standard InChI is InChI=1S/C19H10ClF3N2O3.C2H6/c20-13-8-16-15(27-19(22,23)28-16)7-12(13)10-5-6-17(24-9-10)25-18(26)11-3-1-2-4-14(11)21;1-2/h1-9H,(H,24,25,26);1-2H3. The largest absolute Gasteiger partial charge is 0.586 e. The lowest BCUT2D eigenvalue weighted by molar-refractivity contribution is -0.286. The number of amides is 1. The molecular weight excluding hydrogens is 421 g/mol. The normalized spacial score (nSPS) is 13.3. The predicted octanol–water partition coefficient (Wildman–Crippen LogP) is 6.14. The Kier molecular flexibility index (Phi) is 6.17. The second kappa shape index (κ2) is 8.62. The number of nitrogens with zero attached hydrogens (tertiary/aromatic N) is 1. The third-order valence-corrected chi connectivity index (χ3v) is 4.24. The van der Waals surface area contributed by atoms with Gasteiger partial charge in [-0.2, -0.15) is 0 Å². The molecule has 0 spiro atoms. The number of carbonyl (C=O) groups excluding carboxylic acids is 1. The zero-order valence-corrected chi connectivity index (χ0v) is 16.6. The van der Waals surface area contributed by atoms with Gasteiger partial charge in [-0.3, -0.25) is 4.79 Å². The smallest absolute Gasteiger partial charge is 0.395 e. The van der Waals surface area contributed by atoms with Gasteiger partial charge < -0.3 is 14.8 Å². The SMILES string of the molecule is CC.O=C(Nc1ccc(-c2cc3c(cc2Cl)OC(F)(F)O3)cn1)c1ccccc1F. The minimum absolute atomic E-state index is 0.117. The molecule has 4 rings (SSSR count). The van der Waals surface area contributed by atoms with Crippen LogP contribution in [0.25, 0.3) is 11.1 Å². The molecule has 5 nitrogen and oxygen atoms in total. The molecule has 0 aliphatic carbocycles. The van der Waals surface area contributed by atoms with E-state index in [1.54, 1.807) is 12.1 Å². The van der Waals surface area contributed by atoms with E-state index in [0.29, 0.717) is 11.1 Å². The summed E-state index contributed by atoms with van der Waals surface area (Å²) in [6.45, 7) is 4.00. The zero-order valence-electron chi connectivity index (χ0n) is 15.9. The maximum atomic E-state index is 13.7. The Bertz CT molecular complexity index is 1080. The van der Waals surface area contributed by atoms with Crippen LogP contribution in [0.3, 0.4) is 0 Å². The van der Waals surface area contributed by atoms with E-state index in [9.17, 15) is 18.0 Å². The fourth-order valence-corrected chi connectivity index (χ4v) is 2.91. The zero-order chi connectivity index (χ0) is 21.9. The first-order valence-electron chi connectivity index (χ1n) is 8.94. The van der Waals surface area contributed by atoms with Crippen molar-refractivity contribution in [1.82, 2.24) is 4.98 Å². The molecule has 1 N–H and O–H groups in total. The van der Waals surface area contributed by atoms with Crippen LogP contribution >= 0.6 is 11.6 Å². The van der Waals surface area contributed by atoms with E-state index in [-0.39, 0.29) is 27.9 Å². The van der Waals surface area contributed by atoms with Gasteiger partial charge in [-0.1, -0.05) is 37.6 Å². The number of hydrogen-bond acceptors (Lipinski definition) is 4. The Morgan fingerprint density at radius 3 is 2.37 bits per heavy atom. The van der Waals surface area contributed by atoms with Crippen LogP contribution in [0.1, 0.15) is 24.2 Å². The second-order valence-corrected chi connectivity index (χ2v) is 6.22. The highest BCUT2D eigenvalue weighted by Crippen LogP contribution is 2.45. The highest BCUT2D eigenvalue weighted by molar-refractivity contribution is 6.33. The molecule has 9 heteroatoms. The molecule has 2 heterocycles. The molecule has 2 aromatic carbocycles. The maximum absolute atomic E-state index is 13.7. The molecule has 0 atom stereocenters. The van der Waals surface area contributed by atoms with Crippen LogP contribution < -0.4 is 14.8 Å². The monoisotopic (exact) mass is 436 g/mol. The number of carbonyl (C=O) groups is 1. The minimum atomic E-state index is -3.75. The summed E-state index contributed by atoms with van der Waals surface area (Å²) < 4.78 is 48.8. The first-order valence-corrected chi connectivity index (χ1v) is 9.32. The van der Waals surface area contributed by atoms with Gasteiger partial charge in [-0.15, -0.1) is 8.78 Å². The summed E-state index contributed by atoms with van der Waals surface area (Å²) >= 11 is 6.14. The maximum Gasteiger partial charge on any atom is 0.586 e. The number of alkyl halides is 2. The molecule has 1 aromatic heterocycles. The van der Waals surface area contributed by atoms with Crippen LogP contribution in [-0.2, 0) is 0 Å². The third-order valence-electron chi connectivity index (χ3n) is 3.93. The Morgan fingerprint density at radius 1 is 1.07 bits per heavy atom. The number of nitrogens with one attached hydrogen (secondary N) is 1. The average Bonchev–Trinajstić information content (AvgIpc) is 3.02. The number of rotatable bonds is 3. The van der Waals surface area contributed by atoms with Crippen molar-refractivity contribution in [3.63, 3.8) is 0 Å². The van der Waals surface area contributed by atoms with Gasteiger partial charge in [0.05, 0.1) is 10.6 Å². The molecule has 3 aromatic rings. The summed E-state index contributed by atoms with van der Waals surface area (Å²) in [5.41, 5.74) is 0.768. The van der Waals surface area contributed by atoms with Crippen LogP contribution in [0, 0.1) is 5.82 Å². The van der Waals surface area contributed by atoms with Crippen LogP contribution in [0.4, 0.5) is 19.0 Å². The number of anilines is 1. The Morgan fingerprint density at radius 2 is 1.73 bits per heavy atom. The quantitative estimate of drug-likeness (QED) is 0.535. The first kappa shape index (κ1) is 21.4. The van der Waals surface area contributed by atoms with Crippen molar-refractivity contribution in [3.05, 3.63) is 71.1 Å². The van der Waals surface area contributed by atoms with Gasteiger partial charge in [-0.25, -0.2) is 9.37 Å². The summed E-state index contributed by atoms with van der Waals surface area (Å²) in [7, 11) is 0. The third kappa shape index (κ3) is 4.49. The second-order valence-electron chi connectivity index (χ2n) is 5.81. The van der Waals surface area contributed by atoms with Gasteiger partial charge in [0.15, 0.2) is 11.5 Å². The Hall–Kier alpha value is -3.26. The average molecular weight is 437 g/mol. The van der Waals surface area contributed by atoms with E-state index in [1.807, 2.05) is 13.8 Å². The van der Waals surface area contributed by atoms with Crippen molar-refractivity contribution in [1.29, 1.82) is 0 Å². The topological polar surface area (TPSA) is 60.5 Å². The van der Waals surface area contributed by atoms with E-state index in [4.69, 9.17) is 11.6 Å². The van der Waals surface area contributed by atoms with Crippen molar-refractivity contribution in [3.8, 4) is 22.6 Å². The van der Waals surface area contributed by atoms with Crippen molar-refractivity contribution < 1.29 is 27.4 Å². The summed E-state index contributed by atoms with van der Waals surface area (Å²) in [6.07, 6.45) is -2.36. The molecule has 0 fully saturated rings. The van der Waals surface area contributed by atoms with E-state index in [1.165, 1.54) is 42.6 Å². The molecule has 0 saturated heterocycles. The van der Waals surface area contributed by atoms with Gasteiger partial charge >= 0.3 is 6.29 Å². The van der Waals surface area contributed by atoms with E-state index in [0.717, 1.165) is 0 Å². The van der Waals surface area contributed by atoms with Crippen molar-refractivity contribution in [2.45, 2.75) is 20.1 Å². The van der Waals surface area contributed by atoms with Crippen LogP contribution in [0.5, 0.6) is 11.5 Å². The molecule has 0 radical (unpaired) electrons. The Labute approximate surface area is 175 Å². The van der Waals surface area contributed by atoms with E-state index < -0.39 is 18.0 Å². The minimum Gasteiger partial charge on any atom is -0.395 e. The molecule has 0 saturated carbocycles. The highest BCUT2D eigenvalue weighted by atomic mass is 35.5. The number of ether oxygens (including phenoxy) is 2. The van der Waals surface area contributed by atoms with E-state index in [2.05, 4.69) is 19.8 Å². The first-order chi connectivity index (χ1) is 14.3. The van der Waals surface area contributed by atoms with Crippen LogP contribution in [0.2, 0.25) is 5.02 Å². The number of fused-ring (bicyclic) bond motifs is 1. The molecule has 30 heavy (non-hydrogen) atoms. The van der Waals surface area contributed by atoms with Gasteiger partial charge in [0.25, 0.3) is 5.91 Å². The van der Waals surface area contributed by atoms with E-state index >= 15 is 0 Å². The number of pyridine rings is 1. The lowest BCUT2D eigenvalue weighted by atomic mass is 10.1. The molecule has 0 unspecified atom stereocenters. The highest BCUT2D eigenvalue weighted by Gasteiger charge is 2.43. The lowest BCUT2D eigenvalue weighted by Gasteiger charge is -2.08. The molecule has 1 aliphatic heterocycles. The number of hydrogen-bond donors (Lipinski definition) is 1. The fourth-order valence-electron chi connectivity index (χ4n) is 2.65. The number of halogens is 4. The predicted molar refractivity (Wildman–Crippen MR) is 107 cm³/mol. The molecule has 1 aliphatic rings. The van der Waals surface area contributed by atoms with Gasteiger partial charge in [-0.05, 0) is 30.3 Å². The molecular formula is C21H16ClF3N2O3. The number of benzene rings is 2. The summed E-state index contributed by atoms with van der Waals surface area (Å²) in [6, 6.07) is 11.1. The van der Waals surface area contributed by atoms with Crippen molar-refractivity contribution in [2.24, 2.45) is 0 Å². The van der Waals surface area contributed by atoms with Gasteiger partial charge in [0.1, 0.15) is 11.6 Å². The van der Waals surface area contributed by atoms with Crippen LogP contribution in [0.15, 0.2) is 54.7 Å². The van der Waals surface area contributed by atoms with Gasteiger partial charge in [0.2, 0.25) is 0 Å². The summed E-state index contributed by atoms with van der Waals surface area (Å²) in [4.78, 5) is 16.2. The number of aromatic nitrogens is 1. The lowest BCUT2D eigenvalue weighted by Crippen LogP contribution is -2.25. The Balaban J connectivity index is 0.00000124. The molecule has 0 bridgehead atoms. The summed E-state index contributed by atoms with van der Waals surface area (Å²) in [5, 5.41) is 2.64. The molecule has 1 amide bonds.